The van der Waals surface area contributed by atoms with E-state index in [0.717, 1.165) is 6.42 Å². The van der Waals surface area contributed by atoms with Crippen LogP contribution in [-0.4, -0.2) is 25.9 Å². The van der Waals surface area contributed by atoms with Gasteiger partial charge in [-0.05, 0) is 37.6 Å². The van der Waals surface area contributed by atoms with Gasteiger partial charge in [0.25, 0.3) is 0 Å². The van der Waals surface area contributed by atoms with Crippen LogP contribution < -0.4 is 5.73 Å². The summed E-state index contributed by atoms with van der Waals surface area (Å²) in [5.74, 6) is 1.15. The van der Waals surface area contributed by atoms with Crippen molar-refractivity contribution in [3.8, 4) is 0 Å². The standard InChI is InChI=1S/C12H22F3NO/c13-12(14,15)9-17-7-3-6-10-4-1-2-5-11(10)8-16/h10-11H,1-9,16H2. The van der Waals surface area contributed by atoms with E-state index in [4.69, 9.17) is 5.73 Å². The maximum absolute atomic E-state index is 11.8. The summed E-state index contributed by atoms with van der Waals surface area (Å²) < 4.78 is 40.0. The maximum Gasteiger partial charge on any atom is 0.411 e. The van der Waals surface area contributed by atoms with Gasteiger partial charge in [-0.25, -0.2) is 0 Å². The van der Waals surface area contributed by atoms with Crippen LogP contribution in [0.4, 0.5) is 13.2 Å². The molecule has 0 aromatic heterocycles. The van der Waals surface area contributed by atoms with E-state index >= 15 is 0 Å². The van der Waals surface area contributed by atoms with Gasteiger partial charge in [-0.2, -0.15) is 13.2 Å². The van der Waals surface area contributed by atoms with E-state index in [1.165, 1.54) is 25.7 Å². The normalized spacial score (nSPS) is 26.1. The molecule has 2 atom stereocenters. The Morgan fingerprint density at radius 2 is 1.76 bits per heavy atom. The molecule has 1 aliphatic carbocycles. The Labute approximate surface area is 101 Å². The van der Waals surface area contributed by atoms with Crippen molar-refractivity contribution in [1.29, 1.82) is 0 Å². The highest BCUT2D eigenvalue weighted by molar-refractivity contribution is 4.75. The van der Waals surface area contributed by atoms with Gasteiger partial charge in [0.1, 0.15) is 6.61 Å². The lowest BCUT2D eigenvalue weighted by molar-refractivity contribution is -0.174. The minimum atomic E-state index is -4.20. The quantitative estimate of drug-likeness (QED) is 0.738. The zero-order valence-corrected chi connectivity index (χ0v) is 10.1. The summed E-state index contributed by atoms with van der Waals surface area (Å²) in [6, 6.07) is 0. The third-order valence-corrected chi connectivity index (χ3v) is 3.50. The summed E-state index contributed by atoms with van der Waals surface area (Å²) in [5.41, 5.74) is 5.70. The van der Waals surface area contributed by atoms with Crippen molar-refractivity contribution in [1.82, 2.24) is 0 Å². The zero-order chi connectivity index (χ0) is 12.7. The first-order chi connectivity index (χ1) is 8.03. The zero-order valence-electron chi connectivity index (χ0n) is 10.1. The first kappa shape index (κ1) is 14.8. The highest BCUT2D eigenvalue weighted by atomic mass is 19.4. The predicted molar refractivity (Wildman–Crippen MR) is 60.6 cm³/mol. The molecule has 1 fully saturated rings. The fraction of sp³-hybridized carbons (Fsp3) is 1.00. The molecule has 0 saturated heterocycles. The molecule has 2 N–H and O–H groups in total. The molecule has 0 aromatic rings. The number of hydrogen-bond acceptors (Lipinski definition) is 2. The summed E-state index contributed by atoms with van der Waals surface area (Å²) in [4.78, 5) is 0. The molecular formula is C12H22F3NO. The molecule has 2 nitrogen and oxygen atoms in total. The fourth-order valence-electron chi connectivity index (χ4n) is 2.61. The van der Waals surface area contributed by atoms with Crippen molar-refractivity contribution in [2.75, 3.05) is 19.8 Å². The Hall–Kier alpha value is -0.290. The van der Waals surface area contributed by atoms with Crippen LogP contribution >= 0.6 is 0 Å². The number of halogens is 3. The minimum absolute atomic E-state index is 0.202. The largest absolute Gasteiger partial charge is 0.411 e. The van der Waals surface area contributed by atoms with Gasteiger partial charge in [0.2, 0.25) is 0 Å². The number of rotatable bonds is 6. The van der Waals surface area contributed by atoms with Gasteiger partial charge < -0.3 is 10.5 Å². The van der Waals surface area contributed by atoms with Crippen molar-refractivity contribution in [2.45, 2.75) is 44.7 Å². The molecule has 5 heteroatoms. The highest BCUT2D eigenvalue weighted by Gasteiger charge is 2.27. The van der Waals surface area contributed by atoms with Crippen molar-refractivity contribution >= 4 is 0 Å². The van der Waals surface area contributed by atoms with E-state index in [1.807, 2.05) is 0 Å². The smallest absolute Gasteiger partial charge is 0.372 e. The lowest BCUT2D eigenvalue weighted by Crippen LogP contribution is -2.27. The van der Waals surface area contributed by atoms with Gasteiger partial charge >= 0.3 is 6.18 Å². The van der Waals surface area contributed by atoms with E-state index in [0.29, 0.717) is 24.8 Å². The Morgan fingerprint density at radius 3 is 2.35 bits per heavy atom. The fourth-order valence-corrected chi connectivity index (χ4v) is 2.61. The van der Waals surface area contributed by atoms with E-state index in [2.05, 4.69) is 4.74 Å². The van der Waals surface area contributed by atoms with E-state index in [-0.39, 0.29) is 6.61 Å². The maximum atomic E-state index is 11.8. The predicted octanol–water partition coefficient (Wildman–Crippen LogP) is 3.11. The van der Waals surface area contributed by atoms with Crippen molar-refractivity contribution < 1.29 is 17.9 Å². The average molecular weight is 253 g/mol. The van der Waals surface area contributed by atoms with Crippen LogP contribution in [0.15, 0.2) is 0 Å². The molecule has 0 aromatic carbocycles. The van der Waals surface area contributed by atoms with Gasteiger partial charge in [-0.1, -0.05) is 19.3 Å². The van der Waals surface area contributed by atoms with Gasteiger partial charge in [0.05, 0.1) is 0 Å². The molecule has 0 amide bonds. The number of nitrogens with two attached hydrogens (primary N) is 1. The summed E-state index contributed by atoms with van der Waals surface area (Å²) in [6.45, 7) is -0.223. The number of alkyl halides is 3. The molecule has 1 rings (SSSR count). The van der Waals surface area contributed by atoms with E-state index in [1.54, 1.807) is 0 Å². The number of ether oxygens (including phenoxy) is 1. The Morgan fingerprint density at radius 1 is 1.12 bits per heavy atom. The van der Waals surface area contributed by atoms with Crippen molar-refractivity contribution in [3.05, 3.63) is 0 Å². The summed E-state index contributed by atoms with van der Waals surface area (Å²) in [6.07, 6.45) is 2.25. The molecule has 0 radical (unpaired) electrons. The Balaban J connectivity index is 2.08. The molecule has 2 unspecified atom stereocenters. The summed E-state index contributed by atoms with van der Waals surface area (Å²) >= 11 is 0. The third-order valence-electron chi connectivity index (χ3n) is 3.50. The van der Waals surface area contributed by atoms with Crippen LogP contribution in [0.1, 0.15) is 38.5 Å². The molecule has 0 heterocycles. The van der Waals surface area contributed by atoms with Gasteiger partial charge in [-0.3, -0.25) is 0 Å². The van der Waals surface area contributed by atoms with Crippen LogP contribution in [0.3, 0.4) is 0 Å². The molecule has 102 valence electrons. The number of hydrogen-bond donors (Lipinski definition) is 1. The minimum Gasteiger partial charge on any atom is -0.372 e. The van der Waals surface area contributed by atoms with Crippen LogP contribution in [0.25, 0.3) is 0 Å². The second kappa shape index (κ2) is 7.21. The lowest BCUT2D eigenvalue weighted by Gasteiger charge is -2.30. The molecule has 1 aliphatic rings. The van der Waals surface area contributed by atoms with Crippen LogP contribution in [0.2, 0.25) is 0 Å². The lowest BCUT2D eigenvalue weighted by atomic mass is 9.77. The van der Waals surface area contributed by atoms with Crippen LogP contribution in [-0.2, 0) is 4.74 Å². The highest BCUT2D eigenvalue weighted by Crippen LogP contribution is 2.32. The van der Waals surface area contributed by atoms with Crippen molar-refractivity contribution in [3.63, 3.8) is 0 Å². The van der Waals surface area contributed by atoms with Crippen molar-refractivity contribution in [2.24, 2.45) is 17.6 Å². The second-order valence-electron chi connectivity index (χ2n) is 4.85. The molecule has 1 saturated carbocycles. The van der Waals surface area contributed by atoms with Gasteiger partial charge in [-0.15, -0.1) is 0 Å². The first-order valence-electron chi connectivity index (χ1n) is 6.37. The Bertz CT molecular complexity index is 208. The van der Waals surface area contributed by atoms with E-state index < -0.39 is 12.8 Å². The van der Waals surface area contributed by atoms with Crippen LogP contribution in [0.5, 0.6) is 0 Å². The molecule has 17 heavy (non-hydrogen) atoms. The summed E-state index contributed by atoms with van der Waals surface area (Å²) in [5, 5.41) is 0. The molecule has 0 spiro atoms. The van der Waals surface area contributed by atoms with Gasteiger partial charge in [0, 0.05) is 6.61 Å². The van der Waals surface area contributed by atoms with Gasteiger partial charge in [0.15, 0.2) is 0 Å². The molecular weight excluding hydrogens is 231 g/mol. The van der Waals surface area contributed by atoms with E-state index in [9.17, 15) is 13.2 Å². The molecule has 0 aliphatic heterocycles. The Kier molecular flexibility index (Phi) is 6.27. The average Bonchev–Trinajstić information content (AvgIpc) is 2.27. The SMILES string of the molecule is NCC1CCCCC1CCCOCC(F)(F)F. The first-order valence-corrected chi connectivity index (χ1v) is 6.37. The topological polar surface area (TPSA) is 35.2 Å². The summed E-state index contributed by atoms with van der Waals surface area (Å²) in [7, 11) is 0. The monoisotopic (exact) mass is 253 g/mol. The molecule has 0 bridgehead atoms. The second-order valence-corrected chi connectivity index (χ2v) is 4.85. The third kappa shape index (κ3) is 6.27. The van der Waals surface area contributed by atoms with Crippen LogP contribution in [0, 0.1) is 11.8 Å².